The zero-order valence-electron chi connectivity index (χ0n) is 12.5. The van der Waals surface area contributed by atoms with Crippen molar-refractivity contribution in [3.8, 4) is 0 Å². The molecule has 4 heteroatoms. The number of hydrogen-bond donors (Lipinski definition) is 1. The molecule has 0 radical (unpaired) electrons. The fourth-order valence-corrected chi connectivity index (χ4v) is 2.64. The third-order valence-corrected chi connectivity index (χ3v) is 4.24. The van der Waals surface area contributed by atoms with Gasteiger partial charge in [0.1, 0.15) is 5.58 Å². The molecule has 0 aliphatic heterocycles. The third kappa shape index (κ3) is 2.01. The SMILES string of the molecule is Cc1c(C)c(C)c2c(CC(N)=O)c(C)c(=O)oc2c1C. The molecule has 1 aromatic carbocycles. The molecule has 0 unspecified atom stereocenters. The first-order valence-corrected chi connectivity index (χ1v) is 6.56. The van der Waals surface area contributed by atoms with Crippen LogP contribution in [0.4, 0.5) is 0 Å². The quantitative estimate of drug-likeness (QED) is 0.854. The largest absolute Gasteiger partial charge is 0.422 e. The van der Waals surface area contributed by atoms with Crippen LogP contribution in [0.5, 0.6) is 0 Å². The molecule has 2 aromatic rings. The Bertz CT molecular complexity index is 785. The second-order valence-electron chi connectivity index (χ2n) is 5.34. The first-order valence-electron chi connectivity index (χ1n) is 6.56. The van der Waals surface area contributed by atoms with E-state index >= 15 is 0 Å². The molecule has 20 heavy (non-hydrogen) atoms. The number of primary amides is 1. The topological polar surface area (TPSA) is 73.3 Å². The Kier molecular flexibility index (Phi) is 3.42. The van der Waals surface area contributed by atoms with E-state index in [9.17, 15) is 9.59 Å². The van der Waals surface area contributed by atoms with Crippen molar-refractivity contribution in [2.75, 3.05) is 0 Å². The molecule has 4 nitrogen and oxygen atoms in total. The number of hydrogen-bond acceptors (Lipinski definition) is 3. The maximum atomic E-state index is 12.0. The van der Waals surface area contributed by atoms with E-state index in [0.29, 0.717) is 16.7 Å². The normalized spacial score (nSPS) is 11.1. The number of fused-ring (bicyclic) bond motifs is 1. The van der Waals surface area contributed by atoms with Gasteiger partial charge in [0.2, 0.25) is 5.91 Å². The van der Waals surface area contributed by atoms with Crippen LogP contribution in [0.3, 0.4) is 0 Å². The van der Waals surface area contributed by atoms with Crippen LogP contribution in [0.1, 0.15) is 33.4 Å². The monoisotopic (exact) mass is 273 g/mol. The Morgan fingerprint density at radius 2 is 1.50 bits per heavy atom. The van der Waals surface area contributed by atoms with Gasteiger partial charge in [-0.2, -0.15) is 0 Å². The molecule has 0 saturated heterocycles. The molecule has 0 spiro atoms. The van der Waals surface area contributed by atoms with E-state index in [0.717, 1.165) is 27.6 Å². The van der Waals surface area contributed by atoms with Crippen LogP contribution < -0.4 is 11.4 Å². The van der Waals surface area contributed by atoms with E-state index in [-0.39, 0.29) is 6.42 Å². The van der Waals surface area contributed by atoms with Gasteiger partial charge in [-0.05, 0) is 62.4 Å². The average molecular weight is 273 g/mol. The minimum Gasteiger partial charge on any atom is -0.422 e. The zero-order chi connectivity index (χ0) is 15.2. The highest BCUT2D eigenvalue weighted by atomic mass is 16.4. The van der Waals surface area contributed by atoms with Crippen molar-refractivity contribution in [1.29, 1.82) is 0 Å². The van der Waals surface area contributed by atoms with Gasteiger partial charge in [0.25, 0.3) is 0 Å². The molecule has 0 fully saturated rings. The molecular weight excluding hydrogens is 254 g/mol. The van der Waals surface area contributed by atoms with Gasteiger partial charge in [0.15, 0.2) is 0 Å². The zero-order valence-corrected chi connectivity index (χ0v) is 12.5. The lowest BCUT2D eigenvalue weighted by atomic mass is 9.90. The summed E-state index contributed by atoms with van der Waals surface area (Å²) in [6, 6.07) is 0. The minimum absolute atomic E-state index is 0.0523. The number of carbonyl (C=O) groups is 1. The third-order valence-electron chi connectivity index (χ3n) is 4.24. The highest BCUT2D eigenvalue weighted by molar-refractivity contribution is 5.92. The number of benzene rings is 1. The second kappa shape index (κ2) is 4.78. The van der Waals surface area contributed by atoms with Crippen molar-refractivity contribution < 1.29 is 9.21 Å². The summed E-state index contributed by atoms with van der Waals surface area (Å²) in [7, 11) is 0. The maximum Gasteiger partial charge on any atom is 0.339 e. The standard InChI is InChI=1S/C16H19NO3/c1-7-8(2)10(4)15-14(9(7)3)12(6-13(17)18)11(5)16(19)20-15/h6H2,1-5H3,(H2,17,18). The molecule has 0 atom stereocenters. The molecule has 2 N–H and O–H groups in total. The summed E-state index contributed by atoms with van der Waals surface area (Å²) in [5.74, 6) is -0.449. The number of aryl methyl sites for hydroxylation is 2. The first kappa shape index (κ1) is 14.3. The van der Waals surface area contributed by atoms with Crippen molar-refractivity contribution >= 4 is 16.9 Å². The molecule has 1 amide bonds. The second-order valence-corrected chi connectivity index (χ2v) is 5.34. The summed E-state index contributed by atoms with van der Waals surface area (Å²) in [6.45, 7) is 9.62. The van der Waals surface area contributed by atoms with Crippen molar-refractivity contribution in [3.05, 3.63) is 43.8 Å². The molecule has 1 aromatic heterocycles. The predicted octanol–water partition coefficient (Wildman–Crippen LogP) is 2.36. The van der Waals surface area contributed by atoms with Crippen LogP contribution in [0.2, 0.25) is 0 Å². The number of carbonyl (C=O) groups excluding carboxylic acids is 1. The highest BCUT2D eigenvalue weighted by Gasteiger charge is 2.19. The summed E-state index contributed by atoms with van der Waals surface area (Å²) >= 11 is 0. The van der Waals surface area contributed by atoms with Crippen LogP contribution in [-0.2, 0) is 11.2 Å². The van der Waals surface area contributed by atoms with E-state index in [1.54, 1.807) is 6.92 Å². The lowest BCUT2D eigenvalue weighted by molar-refractivity contribution is -0.117. The molecule has 0 aliphatic carbocycles. The van der Waals surface area contributed by atoms with Crippen LogP contribution in [0.15, 0.2) is 9.21 Å². The Hall–Kier alpha value is -2.10. The van der Waals surface area contributed by atoms with Gasteiger partial charge >= 0.3 is 5.63 Å². The number of amides is 1. The van der Waals surface area contributed by atoms with E-state index in [1.807, 2.05) is 27.7 Å². The Labute approximate surface area is 117 Å². The van der Waals surface area contributed by atoms with E-state index in [1.165, 1.54) is 0 Å². The van der Waals surface area contributed by atoms with Gasteiger partial charge in [-0.15, -0.1) is 0 Å². The average Bonchev–Trinajstić information content (AvgIpc) is 2.38. The molecule has 106 valence electrons. The van der Waals surface area contributed by atoms with Crippen LogP contribution >= 0.6 is 0 Å². The van der Waals surface area contributed by atoms with Gasteiger partial charge in [-0.25, -0.2) is 4.79 Å². The Morgan fingerprint density at radius 3 is 2.05 bits per heavy atom. The smallest absolute Gasteiger partial charge is 0.339 e. The molecule has 0 saturated carbocycles. The van der Waals surface area contributed by atoms with Crippen LogP contribution in [0, 0.1) is 34.6 Å². The van der Waals surface area contributed by atoms with Crippen molar-refractivity contribution in [2.45, 2.75) is 41.0 Å². The summed E-state index contributed by atoms with van der Waals surface area (Å²) in [5, 5.41) is 0.849. The van der Waals surface area contributed by atoms with Gasteiger partial charge in [0.05, 0.1) is 6.42 Å². The summed E-state index contributed by atoms with van der Waals surface area (Å²) in [4.78, 5) is 23.3. The van der Waals surface area contributed by atoms with E-state index in [2.05, 4.69) is 0 Å². The summed E-state index contributed by atoms with van der Waals surface area (Å²) in [5.41, 5.74) is 10.9. The lowest BCUT2D eigenvalue weighted by Crippen LogP contribution is -2.18. The molecular formula is C16H19NO3. The van der Waals surface area contributed by atoms with Crippen molar-refractivity contribution in [1.82, 2.24) is 0 Å². The van der Waals surface area contributed by atoms with Crippen LogP contribution in [-0.4, -0.2) is 5.91 Å². The summed E-state index contributed by atoms with van der Waals surface area (Å²) < 4.78 is 5.45. The van der Waals surface area contributed by atoms with Gasteiger partial charge in [-0.3, -0.25) is 4.79 Å². The first-order chi connectivity index (χ1) is 9.25. The lowest BCUT2D eigenvalue weighted by Gasteiger charge is -2.16. The molecule has 2 rings (SSSR count). The minimum atomic E-state index is -0.449. The fourth-order valence-electron chi connectivity index (χ4n) is 2.64. The Morgan fingerprint density at radius 1 is 0.950 bits per heavy atom. The Balaban J connectivity index is 3.07. The van der Waals surface area contributed by atoms with Crippen molar-refractivity contribution in [3.63, 3.8) is 0 Å². The fraction of sp³-hybridized carbons (Fsp3) is 0.375. The highest BCUT2D eigenvalue weighted by Crippen LogP contribution is 2.31. The molecule has 0 bridgehead atoms. The van der Waals surface area contributed by atoms with E-state index in [4.69, 9.17) is 10.2 Å². The van der Waals surface area contributed by atoms with Gasteiger partial charge in [0, 0.05) is 10.9 Å². The maximum absolute atomic E-state index is 12.0. The van der Waals surface area contributed by atoms with Crippen LogP contribution in [0.25, 0.3) is 11.0 Å². The predicted molar refractivity (Wildman–Crippen MR) is 79.1 cm³/mol. The molecule has 1 heterocycles. The summed E-state index contributed by atoms with van der Waals surface area (Å²) in [6.07, 6.45) is 0.0523. The van der Waals surface area contributed by atoms with Gasteiger partial charge < -0.3 is 10.2 Å². The number of nitrogens with two attached hydrogens (primary N) is 1. The number of rotatable bonds is 2. The molecule has 0 aliphatic rings. The van der Waals surface area contributed by atoms with Crippen molar-refractivity contribution in [2.24, 2.45) is 5.73 Å². The van der Waals surface area contributed by atoms with Gasteiger partial charge in [-0.1, -0.05) is 0 Å². The van der Waals surface area contributed by atoms with E-state index < -0.39 is 11.5 Å².